The Labute approximate surface area is 122 Å². The van der Waals surface area contributed by atoms with Crippen LogP contribution >= 0.6 is 23.4 Å². The van der Waals surface area contributed by atoms with E-state index in [1.807, 2.05) is 36.9 Å². The zero-order valence-electron chi connectivity index (χ0n) is 10.9. The van der Waals surface area contributed by atoms with Crippen LogP contribution in [-0.2, 0) is 11.3 Å². The number of hydrogen-bond donors (Lipinski definition) is 1. The van der Waals surface area contributed by atoms with Crippen LogP contribution in [0.25, 0.3) is 0 Å². The minimum absolute atomic E-state index is 0.131. The molecule has 1 N–H and O–H groups in total. The highest BCUT2D eigenvalue weighted by Crippen LogP contribution is 2.23. The molecule has 1 aliphatic rings. The smallest absolute Gasteiger partial charge is 0.304 e. The Morgan fingerprint density at radius 2 is 2.37 bits per heavy atom. The van der Waals surface area contributed by atoms with Gasteiger partial charge in [-0.3, -0.25) is 9.69 Å². The van der Waals surface area contributed by atoms with E-state index in [0.717, 1.165) is 29.6 Å². The number of hydrogen-bond acceptors (Lipinski definition) is 3. The summed E-state index contributed by atoms with van der Waals surface area (Å²) in [6.45, 7) is 3.80. The number of carboxylic acids is 1. The number of benzene rings is 1. The Morgan fingerprint density at radius 3 is 3.05 bits per heavy atom. The molecule has 0 radical (unpaired) electrons. The standard InChI is InChI=1S/C14H18ClNO2S/c1-10-6-12(15)3-2-11(10)8-16-4-5-19-9-13(16)7-14(17)18/h2-3,6,13H,4-5,7-9H2,1H3,(H,17,18). The van der Waals surface area contributed by atoms with Crippen LogP contribution in [0.5, 0.6) is 0 Å². The number of nitrogens with zero attached hydrogens (tertiary/aromatic N) is 1. The lowest BCUT2D eigenvalue weighted by atomic mass is 10.1. The average Bonchev–Trinajstić information content (AvgIpc) is 2.34. The van der Waals surface area contributed by atoms with Crippen molar-refractivity contribution >= 4 is 29.3 Å². The molecule has 2 rings (SSSR count). The van der Waals surface area contributed by atoms with Gasteiger partial charge in [-0.15, -0.1) is 0 Å². The molecule has 1 fully saturated rings. The number of rotatable bonds is 4. The Bertz CT molecular complexity index is 467. The molecule has 104 valence electrons. The number of halogens is 1. The first-order valence-corrected chi connectivity index (χ1v) is 7.88. The highest BCUT2D eigenvalue weighted by molar-refractivity contribution is 7.99. The van der Waals surface area contributed by atoms with E-state index >= 15 is 0 Å². The van der Waals surface area contributed by atoms with Gasteiger partial charge in [0.25, 0.3) is 0 Å². The predicted molar refractivity (Wildman–Crippen MR) is 80.0 cm³/mol. The first-order chi connectivity index (χ1) is 9.06. The lowest BCUT2D eigenvalue weighted by Gasteiger charge is -2.34. The second kappa shape index (κ2) is 6.64. The second-order valence-electron chi connectivity index (χ2n) is 4.87. The summed E-state index contributed by atoms with van der Waals surface area (Å²) in [6, 6.07) is 6.03. The van der Waals surface area contributed by atoms with Gasteiger partial charge in [0.2, 0.25) is 0 Å². The first-order valence-electron chi connectivity index (χ1n) is 6.35. The van der Waals surface area contributed by atoms with Crippen molar-refractivity contribution in [1.82, 2.24) is 4.90 Å². The van der Waals surface area contributed by atoms with Crippen LogP contribution in [0.15, 0.2) is 18.2 Å². The zero-order chi connectivity index (χ0) is 13.8. The van der Waals surface area contributed by atoms with E-state index in [-0.39, 0.29) is 12.5 Å². The molecule has 1 atom stereocenters. The van der Waals surface area contributed by atoms with Crippen molar-refractivity contribution in [2.75, 3.05) is 18.1 Å². The zero-order valence-corrected chi connectivity index (χ0v) is 12.5. The van der Waals surface area contributed by atoms with Crippen LogP contribution < -0.4 is 0 Å². The van der Waals surface area contributed by atoms with E-state index in [4.69, 9.17) is 16.7 Å². The molecule has 1 aromatic rings. The SMILES string of the molecule is Cc1cc(Cl)ccc1CN1CCSCC1CC(=O)O. The monoisotopic (exact) mass is 299 g/mol. The molecule has 0 aromatic heterocycles. The Kier molecular flexibility index (Phi) is 5.13. The highest BCUT2D eigenvalue weighted by Gasteiger charge is 2.25. The van der Waals surface area contributed by atoms with Gasteiger partial charge in [-0.25, -0.2) is 0 Å². The fourth-order valence-electron chi connectivity index (χ4n) is 2.34. The van der Waals surface area contributed by atoms with Gasteiger partial charge in [-0.2, -0.15) is 11.8 Å². The Balaban J connectivity index is 2.08. The number of aryl methyl sites for hydroxylation is 1. The fraction of sp³-hybridized carbons (Fsp3) is 0.500. The molecule has 0 aliphatic carbocycles. The van der Waals surface area contributed by atoms with Crippen molar-refractivity contribution in [2.24, 2.45) is 0 Å². The molecular weight excluding hydrogens is 282 g/mol. The summed E-state index contributed by atoms with van der Waals surface area (Å²) in [6.07, 6.45) is 0.222. The Morgan fingerprint density at radius 1 is 1.58 bits per heavy atom. The molecule has 5 heteroatoms. The maximum absolute atomic E-state index is 10.9. The molecule has 1 aliphatic heterocycles. The summed E-state index contributed by atoms with van der Waals surface area (Å²) in [7, 11) is 0. The fourth-order valence-corrected chi connectivity index (χ4v) is 3.70. The Hall–Kier alpha value is -0.710. The van der Waals surface area contributed by atoms with Gasteiger partial charge in [0.15, 0.2) is 0 Å². The van der Waals surface area contributed by atoms with Crippen molar-refractivity contribution in [3.63, 3.8) is 0 Å². The lowest BCUT2D eigenvalue weighted by molar-refractivity contribution is -0.138. The van der Waals surface area contributed by atoms with Crippen LogP contribution in [-0.4, -0.2) is 40.1 Å². The largest absolute Gasteiger partial charge is 0.481 e. The third-order valence-electron chi connectivity index (χ3n) is 3.44. The number of thioether (sulfide) groups is 1. The van der Waals surface area contributed by atoms with Gasteiger partial charge in [-0.1, -0.05) is 17.7 Å². The molecule has 1 aromatic carbocycles. The normalized spacial score (nSPS) is 20.4. The minimum atomic E-state index is -0.717. The van der Waals surface area contributed by atoms with Gasteiger partial charge < -0.3 is 5.11 Å². The third kappa shape index (κ3) is 4.13. The molecule has 0 bridgehead atoms. The van der Waals surface area contributed by atoms with Gasteiger partial charge >= 0.3 is 5.97 Å². The van der Waals surface area contributed by atoms with E-state index < -0.39 is 5.97 Å². The molecular formula is C14H18ClNO2S. The van der Waals surface area contributed by atoms with Crippen LogP contribution in [0, 0.1) is 6.92 Å². The number of carboxylic acid groups (broad SMARTS) is 1. The van der Waals surface area contributed by atoms with Gasteiger partial charge in [-0.05, 0) is 30.2 Å². The summed E-state index contributed by atoms with van der Waals surface area (Å²) in [4.78, 5) is 13.2. The van der Waals surface area contributed by atoms with E-state index in [1.54, 1.807) is 0 Å². The van der Waals surface area contributed by atoms with E-state index in [9.17, 15) is 4.79 Å². The average molecular weight is 300 g/mol. The van der Waals surface area contributed by atoms with Gasteiger partial charge in [0.05, 0.1) is 6.42 Å². The number of carbonyl (C=O) groups is 1. The molecule has 0 amide bonds. The van der Waals surface area contributed by atoms with Crippen molar-refractivity contribution in [1.29, 1.82) is 0 Å². The quantitative estimate of drug-likeness (QED) is 0.928. The van der Waals surface area contributed by atoms with Crippen LogP contribution in [0.1, 0.15) is 17.5 Å². The van der Waals surface area contributed by atoms with E-state index in [0.29, 0.717) is 0 Å². The van der Waals surface area contributed by atoms with Crippen molar-refractivity contribution in [2.45, 2.75) is 25.9 Å². The molecule has 19 heavy (non-hydrogen) atoms. The first kappa shape index (κ1) is 14.7. The van der Waals surface area contributed by atoms with Crippen molar-refractivity contribution in [3.05, 3.63) is 34.3 Å². The van der Waals surface area contributed by atoms with Gasteiger partial charge in [0, 0.05) is 35.7 Å². The van der Waals surface area contributed by atoms with Crippen LogP contribution in [0.3, 0.4) is 0 Å². The topological polar surface area (TPSA) is 40.5 Å². The molecule has 1 unspecified atom stereocenters. The third-order valence-corrected chi connectivity index (χ3v) is 4.76. The molecule has 0 spiro atoms. The van der Waals surface area contributed by atoms with E-state index in [1.165, 1.54) is 11.1 Å². The summed E-state index contributed by atoms with van der Waals surface area (Å²) in [5, 5.41) is 9.73. The van der Waals surface area contributed by atoms with Crippen LogP contribution in [0.2, 0.25) is 5.02 Å². The van der Waals surface area contributed by atoms with Gasteiger partial charge in [0.1, 0.15) is 0 Å². The molecule has 1 saturated heterocycles. The van der Waals surface area contributed by atoms with Crippen LogP contribution in [0.4, 0.5) is 0 Å². The molecule has 0 saturated carbocycles. The highest BCUT2D eigenvalue weighted by atomic mass is 35.5. The molecule has 1 heterocycles. The number of aliphatic carboxylic acids is 1. The lowest BCUT2D eigenvalue weighted by Crippen LogP contribution is -2.43. The second-order valence-corrected chi connectivity index (χ2v) is 6.45. The summed E-state index contributed by atoms with van der Waals surface area (Å²) < 4.78 is 0. The van der Waals surface area contributed by atoms with Crippen molar-refractivity contribution < 1.29 is 9.90 Å². The maximum Gasteiger partial charge on any atom is 0.304 e. The van der Waals surface area contributed by atoms with E-state index in [2.05, 4.69) is 4.90 Å². The summed E-state index contributed by atoms with van der Waals surface area (Å²) in [5.41, 5.74) is 2.39. The summed E-state index contributed by atoms with van der Waals surface area (Å²) >= 11 is 7.80. The summed E-state index contributed by atoms with van der Waals surface area (Å²) in [5.74, 6) is 1.26. The maximum atomic E-state index is 10.9. The minimum Gasteiger partial charge on any atom is -0.481 e. The predicted octanol–water partition coefficient (Wildman–Crippen LogP) is 3.04. The van der Waals surface area contributed by atoms with Crippen molar-refractivity contribution in [3.8, 4) is 0 Å². The molecule has 3 nitrogen and oxygen atoms in total.